The van der Waals surface area contributed by atoms with Crippen LogP contribution in [0.2, 0.25) is 0 Å². The minimum Gasteiger partial charge on any atom is -0.392 e. The van der Waals surface area contributed by atoms with Gasteiger partial charge in [-0.15, -0.1) is 0 Å². The Morgan fingerprint density at radius 1 is 1.29 bits per heavy atom. The van der Waals surface area contributed by atoms with Crippen molar-refractivity contribution in [2.45, 2.75) is 50.5 Å². The molecular formula is C15H23NO3S2. The number of nitrogens with zero attached hydrogens (tertiary/aromatic N) is 1. The first-order valence-electron chi connectivity index (χ1n) is 7.13. The second kappa shape index (κ2) is 6.28. The zero-order valence-electron chi connectivity index (χ0n) is 13.0. The van der Waals surface area contributed by atoms with Crippen LogP contribution in [0, 0.1) is 13.8 Å². The molecule has 1 N–H and O–H groups in total. The second-order valence-electron chi connectivity index (χ2n) is 5.63. The van der Waals surface area contributed by atoms with Crippen molar-refractivity contribution in [3.8, 4) is 0 Å². The molecule has 1 aliphatic heterocycles. The highest BCUT2D eigenvalue weighted by Gasteiger charge is 2.35. The molecular weight excluding hydrogens is 306 g/mol. The molecule has 1 aromatic rings. The van der Waals surface area contributed by atoms with Gasteiger partial charge in [0.25, 0.3) is 0 Å². The lowest BCUT2D eigenvalue weighted by atomic mass is 10.1. The maximum absolute atomic E-state index is 13.0. The lowest BCUT2D eigenvalue weighted by Crippen LogP contribution is -2.47. The van der Waals surface area contributed by atoms with Gasteiger partial charge in [-0.3, -0.25) is 0 Å². The van der Waals surface area contributed by atoms with Crippen molar-refractivity contribution in [2.24, 2.45) is 0 Å². The van der Waals surface area contributed by atoms with Crippen LogP contribution in [0.3, 0.4) is 0 Å². The summed E-state index contributed by atoms with van der Waals surface area (Å²) in [6, 6.07) is 3.44. The summed E-state index contributed by atoms with van der Waals surface area (Å²) in [6.07, 6.45) is 0. The van der Waals surface area contributed by atoms with Crippen molar-refractivity contribution < 1.29 is 13.5 Å². The summed E-state index contributed by atoms with van der Waals surface area (Å²) in [7, 11) is -3.52. The Labute approximate surface area is 131 Å². The number of benzene rings is 1. The third-order valence-corrected chi connectivity index (χ3v) is 7.68. The van der Waals surface area contributed by atoms with E-state index >= 15 is 0 Å². The summed E-state index contributed by atoms with van der Waals surface area (Å²) in [5, 5.41) is 9.68. The van der Waals surface area contributed by atoms with Gasteiger partial charge in [0.1, 0.15) is 0 Å². The molecule has 1 fully saturated rings. The van der Waals surface area contributed by atoms with E-state index in [1.807, 2.05) is 38.6 Å². The largest absolute Gasteiger partial charge is 0.392 e. The van der Waals surface area contributed by atoms with Gasteiger partial charge in [0, 0.05) is 23.6 Å². The number of rotatable bonds is 3. The third-order valence-electron chi connectivity index (χ3n) is 4.22. The Morgan fingerprint density at radius 2 is 1.95 bits per heavy atom. The quantitative estimate of drug-likeness (QED) is 0.924. The van der Waals surface area contributed by atoms with E-state index in [2.05, 4.69) is 6.92 Å². The molecule has 6 heteroatoms. The van der Waals surface area contributed by atoms with Crippen molar-refractivity contribution in [2.75, 3.05) is 12.3 Å². The lowest BCUT2D eigenvalue weighted by molar-refractivity contribution is 0.280. The maximum atomic E-state index is 13.0. The average Bonchev–Trinajstić information content (AvgIpc) is 2.41. The highest BCUT2D eigenvalue weighted by Crippen LogP contribution is 2.31. The minimum absolute atomic E-state index is 0.0213. The Balaban J connectivity index is 2.49. The SMILES string of the molecule is Cc1cc(C)c(S(=O)(=O)N2CCSC(C)C2C)cc1CO. The molecule has 1 aliphatic rings. The molecule has 21 heavy (non-hydrogen) atoms. The first-order valence-corrected chi connectivity index (χ1v) is 9.62. The summed E-state index contributed by atoms with van der Waals surface area (Å²) in [6.45, 7) is 8.13. The van der Waals surface area contributed by atoms with Gasteiger partial charge in [0.2, 0.25) is 10.0 Å². The number of aliphatic hydroxyl groups excluding tert-OH is 1. The van der Waals surface area contributed by atoms with E-state index in [0.717, 1.165) is 16.9 Å². The predicted molar refractivity (Wildman–Crippen MR) is 87.1 cm³/mol. The molecule has 0 aromatic heterocycles. The van der Waals surface area contributed by atoms with E-state index in [9.17, 15) is 13.5 Å². The molecule has 2 atom stereocenters. The van der Waals surface area contributed by atoms with Gasteiger partial charge in [-0.25, -0.2) is 8.42 Å². The highest BCUT2D eigenvalue weighted by atomic mass is 32.2. The monoisotopic (exact) mass is 329 g/mol. The van der Waals surface area contributed by atoms with E-state index < -0.39 is 10.0 Å². The number of hydrogen-bond donors (Lipinski definition) is 1. The smallest absolute Gasteiger partial charge is 0.243 e. The van der Waals surface area contributed by atoms with Crippen LogP contribution in [0.25, 0.3) is 0 Å². The molecule has 118 valence electrons. The average molecular weight is 329 g/mol. The summed E-state index contributed by atoms with van der Waals surface area (Å²) in [5.74, 6) is 0.822. The van der Waals surface area contributed by atoms with Gasteiger partial charge in [-0.1, -0.05) is 13.0 Å². The lowest BCUT2D eigenvalue weighted by Gasteiger charge is -2.36. The fourth-order valence-electron chi connectivity index (χ4n) is 2.69. The predicted octanol–water partition coefficient (Wildman–Crippen LogP) is 2.31. The van der Waals surface area contributed by atoms with Crippen LogP contribution >= 0.6 is 11.8 Å². The van der Waals surface area contributed by atoms with Crippen LogP contribution in [-0.2, 0) is 16.6 Å². The van der Waals surface area contributed by atoms with E-state index in [4.69, 9.17) is 0 Å². The Morgan fingerprint density at radius 3 is 2.57 bits per heavy atom. The molecule has 1 saturated heterocycles. The van der Waals surface area contributed by atoms with Crippen LogP contribution in [-0.4, -0.2) is 41.4 Å². The number of aryl methyl sites for hydroxylation is 2. The van der Waals surface area contributed by atoms with Gasteiger partial charge in [-0.2, -0.15) is 16.1 Å². The van der Waals surface area contributed by atoms with Crippen molar-refractivity contribution in [1.82, 2.24) is 4.31 Å². The number of hydrogen-bond acceptors (Lipinski definition) is 4. The van der Waals surface area contributed by atoms with Crippen molar-refractivity contribution in [3.63, 3.8) is 0 Å². The minimum atomic E-state index is -3.52. The molecule has 4 nitrogen and oxygen atoms in total. The standard InChI is InChI=1S/C15H23NO3S2/c1-10-7-11(2)15(8-14(10)9-17)21(18,19)16-5-6-20-13(4)12(16)3/h7-8,12-13,17H,5-6,9H2,1-4H3. The summed E-state index contributed by atoms with van der Waals surface area (Å²) in [5.41, 5.74) is 2.33. The highest BCUT2D eigenvalue weighted by molar-refractivity contribution is 8.00. The van der Waals surface area contributed by atoms with Gasteiger partial charge in [0.15, 0.2) is 0 Å². The van der Waals surface area contributed by atoms with Crippen molar-refractivity contribution in [3.05, 3.63) is 28.8 Å². The summed E-state index contributed by atoms with van der Waals surface area (Å²) in [4.78, 5) is 0.322. The van der Waals surface area contributed by atoms with Gasteiger partial charge in [0.05, 0.1) is 11.5 Å². The van der Waals surface area contributed by atoms with Crippen LogP contribution in [0.4, 0.5) is 0 Å². The van der Waals surface area contributed by atoms with E-state index in [-0.39, 0.29) is 17.9 Å². The fourth-order valence-corrected chi connectivity index (χ4v) is 5.95. The molecule has 2 unspecified atom stereocenters. The molecule has 0 spiro atoms. The molecule has 1 aromatic carbocycles. The number of aliphatic hydroxyl groups is 1. The summed E-state index contributed by atoms with van der Waals surface area (Å²) >= 11 is 1.81. The summed E-state index contributed by atoms with van der Waals surface area (Å²) < 4.78 is 27.6. The van der Waals surface area contributed by atoms with Crippen LogP contribution in [0.5, 0.6) is 0 Å². The zero-order valence-corrected chi connectivity index (χ0v) is 14.6. The van der Waals surface area contributed by atoms with E-state index in [1.54, 1.807) is 10.4 Å². The normalized spacial score (nSPS) is 24.2. The first-order chi connectivity index (χ1) is 9.78. The molecule has 0 bridgehead atoms. The topological polar surface area (TPSA) is 57.6 Å². The Bertz CT molecular complexity index is 628. The van der Waals surface area contributed by atoms with Crippen molar-refractivity contribution in [1.29, 1.82) is 0 Å². The number of sulfonamides is 1. The van der Waals surface area contributed by atoms with E-state index in [0.29, 0.717) is 17.0 Å². The van der Waals surface area contributed by atoms with E-state index in [1.165, 1.54) is 0 Å². The Kier molecular flexibility index (Phi) is 5.03. The fraction of sp³-hybridized carbons (Fsp3) is 0.600. The number of thioether (sulfide) groups is 1. The molecule has 0 aliphatic carbocycles. The Hall–Kier alpha value is -0.560. The van der Waals surface area contributed by atoms with Crippen LogP contribution in [0.1, 0.15) is 30.5 Å². The van der Waals surface area contributed by atoms with Gasteiger partial charge < -0.3 is 5.11 Å². The molecule has 0 radical (unpaired) electrons. The third kappa shape index (κ3) is 3.13. The van der Waals surface area contributed by atoms with Gasteiger partial charge >= 0.3 is 0 Å². The molecule has 0 amide bonds. The maximum Gasteiger partial charge on any atom is 0.243 e. The van der Waals surface area contributed by atoms with Crippen molar-refractivity contribution >= 4 is 21.8 Å². The molecule has 2 rings (SSSR count). The molecule has 0 saturated carbocycles. The first kappa shape index (κ1) is 16.8. The molecule has 1 heterocycles. The van der Waals surface area contributed by atoms with Gasteiger partial charge in [-0.05, 0) is 43.5 Å². The van der Waals surface area contributed by atoms with Crippen LogP contribution in [0.15, 0.2) is 17.0 Å². The zero-order chi connectivity index (χ0) is 15.8. The second-order valence-corrected chi connectivity index (χ2v) is 8.98. The van der Waals surface area contributed by atoms with Crippen LogP contribution < -0.4 is 0 Å².